The fraction of sp³-hybridized carbons (Fsp3) is 0.600. The monoisotopic (exact) mass is 343 g/mol. The van der Waals surface area contributed by atoms with Crippen molar-refractivity contribution >= 4 is 35.6 Å². The third-order valence-corrected chi connectivity index (χ3v) is 5.17. The van der Waals surface area contributed by atoms with Gasteiger partial charge in [-0.25, -0.2) is 0 Å². The van der Waals surface area contributed by atoms with Crippen LogP contribution >= 0.6 is 23.7 Å². The van der Waals surface area contributed by atoms with Gasteiger partial charge in [0.05, 0.1) is 4.88 Å². The van der Waals surface area contributed by atoms with E-state index in [1.54, 1.807) is 13.0 Å². The average Bonchev–Trinajstić information content (AvgIpc) is 3.07. The fourth-order valence-corrected chi connectivity index (χ4v) is 3.78. The molecule has 0 aliphatic carbocycles. The number of carbonyl (C=O) groups is 2. The summed E-state index contributed by atoms with van der Waals surface area (Å²) in [6.45, 7) is 3.31. The van der Waals surface area contributed by atoms with E-state index in [2.05, 4.69) is 10.6 Å². The van der Waals surface area contributed by atoms with Gasteiger partial charge in [-0.1, -0.05) is 6.07 Å². The lowest BCUT2D eigenvalue weighted by Gasteiger charge is -2.27. The van der Waals surface area contributed by atoms with E-state index in [1.165, 1.54) is 17.8 Å². The smallest absolute Gasteiger partial charge is 0.261 e. The third kappa shape index (κ3) is 3.80. The second-order valence-corrected chi connectivity index (χ2v) is 6.83. The molecular formula is C15H22ClN3O2S. The molecule has 3 heterocycles. The maximum Gasteiger partial charge on any atom is 0.261 e. The lowest BCUT2D eigenvalue weighted by Crippen LogP contribution is -2.49. The van der Waals surface area contributed by atoms with Gasteiger partial charge in [0, 0.05) is 25.2 Å². The number of carbonyl (C=O) groups excluding carboxylic acids is 2. The maximum atomic E-state index is 12.5. The summed E-state index contributed by atoms with van der Waals surface area (Å²) in [7, 11) is 0. The van der Waals surface area contributed by atoms with Crippen molar-refractivity contribution in [1.29, 1.82) is 0 Å². The van der Waals surface area contributed by atoms with Gasteiger partial charge < -0.3 is 15.5 Å². The van der Waals surface area contributed by atoms with Crippen LogP contribution in [0.3, 0.4) is 0 Å². The zero-order valence-electron chi connectivity index (χ0n) is 12.6. The first kappa shape index (κ1) is 17.2. The molecule has 2 bridgehead atoms. The molecule has 122 valence electrons. The Morgan fingerprint density at radius 3 is 2.86 bits per heavy atom. The molecule has 0 saturated carbocycles. The van der Waals surface area contributed by atoms with E-state index in [-0.39, 0.29) is 24.2 Å². The molecular weight excluding hydrogens is 322 g/mol. The molecule has 0 radical (unpaired) electrons. The first-order valence-corrected chi connectivity index (χ1v) is 8.40. The molecule has 0 aromatic carbocycles. The summed E-state index contributed by atoms with van der Waals surface area (Å²) in [5.74, 6) is -0.144. The normalized spacial score (nSPS) is 25.0. The van der Waals surface area contributed by atoms with Crippen molar-refractivity contribution in [3.63, 3.8) is 0 Å². The Balaban J connectivity index is 0.00000176. The lowest BCUT2D eigenvalue weighted by molar-refractivity contribution is -0.133. The van der Waals surface area contributed by atoms with Gasteiger partial charge in [0.25, 0.3) is 5.91 Å². The zero-order chi connectivity index (χ0) is 14.8. The van der Waals surface area contributed by atoms with Gasteiger partial charge >= 0.3 is 0 Å². The molecule has 3 rings (SSSR count). The molecule has 1 aromatic rings. The van der Waals surface area contributed by atoms with Gasteiger partial charge in [0.15, 0.2) is 0 Å². The Kier molecular flexibility index (Phi) is 5.83. The number of nitrogens with one attached hydrogen (secondary N) is 2. The SMILES string of the molecule is CC(NC(=O)c1cccs1)C(=O)N1CCC2CCC(C1)N2.Cl. The molecule has 2 aliphatic rings. The van der Waals surface area contributed by atoms with Crippen LogP contribution < -0.4 is 10.6 Å². The molecule has 3 atom stereocenters. The van der Waals surface area contributed by atoms with Crippen molar-refractivity contribution in [3.05, 3.63) is 22.4 Å². The third-order valence-electron chi connectivity index (χ3n) is 4.30. The molecule has 5 nitrogen and oxygen atoms in total. The Labute approximate surface area is 140 Å². The number of hydrogen-bond acceptors (Lipinski definition) is 4. The minimum absolute atomic E-state index is 0. The number of amides is 2. The average molecular weight is 344 g/mol. The summed E-state index contributed by atoms with van der Waals surface area (Å²) < 4.78 is 0. The van der Waals surface area contributed by atoms with Gasteiger partial charge in [-0.15, -0.1) is 23.7 Å². The Morgan fingerprint density at radius 1 is 1.36 bits per heavy atom. The van der Waals surface area contributed by atoms with Gasteiger partial charge in [0.1, 0.15) is 6.04 Å². The van der Waals surface area contributed by atoms with Crippen LogP contribution in [0, 0.1) is 0 Å². The van der Waals surface area contributed by atoms with E-state index < -0.39 is 6.04 Å². The van der Waals surface area contributed by atoms with Crippen LogP contribution in [0.25, 0.3) is 0 Å². The quantitative estimate of drug-likeness (QED) is 0.877. The number of fused-ring (bicyclic) bond motifs is 2. The van der Waals surface area contributed by atoms with Crippen molar-refractivity contribution in [2.45, 2.75) is 44.3 Å². The van der Waals surface area contributed by atoms with Crippen LogP contribution in [-0.2, 0) is 4.79 Å². The maximum absolute atomic E-state index is 12.5. The predicted octanol–water partition coefficient (Wildman–Crippen LogP) is 1.64. The van der Waals surface area contributed by atoms with E-state index in [1.807, 2.05) is 16.3 Å². The van der Waals surface area contributed by atoms with Crippen LogP contribution in [-0.4, -0.2) is 47.9 Å². The highest BCUT2D eigenvalue weighted by Gasteiger charge is 2.32. The van der Waals surface area contributed by atoms with Crippen LogP contribution in [0.5, 0.6) is 0 Å². The number of likely N-dealkylation sites (tertiary alicyclic amines) is 1. The topological polar surface area (TPSA) is 61.4 Å². The molecule has 0 spiro atoms. The summed E-state index contributed by atoms with van der Waals surface area (Å²) >= 11 is 1.39. The van der Waals surface area contributed by atoms with E-state index in [9.17, 15) is 9.59 Å². The Morgan fingerprint density at radius 2 is 2.14 bits per heavy atom. The summed E-state index contributed by atoms with van der Waals surface area (Å²) in [5.41, 5.74) is 0. The Bertz CT molecular complexity index is 523. The van der Waals surface area contributed by atoms with Gasteiger partial charge in [-0.3, -0.25) is 9.59 Å². The largest absolute Gasteiger partial charge is 0.340 e. The molecule has 7 heteroatoms. The molecule has 2 saturated heterocycles. The summed E-state index contributed by atoms with van der Waals surface area (Å²) in [5, 5.41) is 8.22. The molecule has 3 unspecified atom stereocenters. The number of thiophene rings is 1. The van der Waals surface area contributed by atoms with Crippen molar-refractivity contribution in [2.75, 3.05) is 13.1 Å². The van der Waals surface area contributed by atoms with E-state index in [4.69, 9.17) is 0 Å². The van der Waals surface area contributed by atoms with Crippen LogP contribution in [0.2, 0.25) is 0 Å². The van der Waals surface area contributed by atoms with Crippen LogP contribution in [0.4, 0.5) is 0 Å². The van der Waals surface area contributed by atoms with E-state index in [0.29, 0.717) is 17.0 Å². The van der Waals surface area contributed by atoms with Gasteiger partial charge in [0.2, 0.25) is 5.91 Å². The lowest BCUT2D eigenvalue weighted by atomic mass is 10.1. The molecule has 2 amide bonds. The Hall–Kier alpha value is -1.11. The van der Waals surface area contributed by atoms with Gasteiger partial charge in [-0.05, 0) is 37.6 Å². The molecule has 2 aliphatic heterocycles. The second kappa shape index (κ2) is 7.44. The molecule has 1 aromatic heterocycles. The highest BCUT2D eigenvalue weighted by Crippen LogP contribution is 2.20. The van der Waals surface area contributed by atoms with Crippen molar-refractivity contribution in [2.24, 2.45) is 0 Å². The van der Waals surface area contributed by atoms with Crippen molar-refractivity contribution in [1.82, 2.24) is 15.5 Å². The van der Waals surface area contributed by atoms with Crippen LogP contribution in [0.15, 0.2) is 17.5 Å². The second-order valence-electron chi connectivity index (χ2n) is 5.88. The highest BCUT2D eigenvalue weighted by atomic mass is 35.5. The highest BCUT2D eigenvalue weighted by molar-refractivity contribution is 7.12. The number of hydrogen-bond donors (Lipinski definition) is 2. The van der Waals surface area contributed by atoms with Crippen molar-refractivity contribution < 1.29 is 9.59 Å². The van der Waals surface area contributed by atoms with Gasteiger partial charge in [-0.2, -0.15) is 0 Å². The van der Waals surface area contributed by atoms with E-state index in [0.717, 1.165) is 25.9 Å². The van der Waals surface area contributed by atoms with E-state index >= 15 is 0 Å². The molecule has 22 heavy (non-hydrogen) atoms. The fourth-order valence-electron chi connectivity index (χ4n) is 3.15. The minimum Gasteiger partial charge on any atom is -0.340 e. The summed E-state index contributed by atoms with van der Waals surface area (Å²) in [4.78, 5) is 27.1. The van der Waals surface area contributed by atoms with Crippen molar-refractivity contribution in [3.8, 4) is 0 Å². The molecule has 2 fully saturated rings. The predicted molar refractivity (Wildman–Crippen MR) is 89.6 cm³/mol. The zero-order valence-corrected chi connectivity index (χ0v) is 14.2. The molecule has 2 N–H and O–H groups in total. The number of nitrogens with zero attached hydrogens (tertiary/aromatic N) is 1. The first-order valence-electron chi connectivity index (χ1n) is 7.52. The standard InChI is InChI=1S/C15H21N3O2S.ClH/c1-10(16-14(19)13-3-2-8-21-13)15(20)18-7-6-11-4-5-12(9-18)17-11;/h2-3,8,10-12,17H,4-7,9H2,1H3,(H,16,19);1H. The summed E-state index contributed by atoms with van der Waals surface area (Å²) in [6, 6.07) is 4.11. The number of rotatable bonds is 3. The minimum atomic E-state index is -0.476. The number of halogens is 1. The first-order chi connectivity index (χ1) is 10.1. The summed E-state index contributed by atoms with van der Waals surface area (Å²) in [6.07, 6.45) is 3.37. The van der Waals surface area contributed by atoms with Crippen LogP contribution in [0.1, 0.15) is 35.9 Å².